The van der Waals surface area contributed by atoms with Crippen molar-refractivity contribution in [1.82, 2.24) is 4.90 Å². The summed E-state index contributed by atoms with van der Waals surface area (Å²) in [5.41, 5.74) is 1.16. The first-order valence-electron chi connectivity index (χ1n) is 9.84. The number of fused-ring (bicyclic) bond motifs is 1. The Labute approximate surface area is 164 Å². The summed E-state index contributed by atoms with van der Waals surface area (Å²) in [6.45, 7) is 3.77. The molecule has 0 radical (unpaired) electrons. The van der Waals surface area contributed by atoms with Gasteiger partial charge in [-0.2, -0.15) is 0 Å². The number of hydrogen-bond donors (Lipinski definition) is 1. The van der Waals surface area contributed by atoms with Gasteiger partial charge in [0, 0.05) is 31.7 Å². The molecular weight excluding hydrogens is 361 g/mol. The molecule has 1 N–H and O–H groups in total. The van der Waals surface area contributed by atoms with Gasteiger partial charge < -0.3 is 24.2 Å². The van der Waals surface area contributed by atoms with Gasteiger partial charge in [-0.3, -0.25) is 0 Å². The molecular formula is C22H26FNO4. The van der Waals surface area contributed by atoms with E-state index >= 15 is 0 Å². The Morgan fingerprint density at radius 3 is 2.75 bits per heavy atom. The van der Waals surface area contributed by atoms with E-state index in [-0.39, 0.29) is 25.1 Å². The van der Waals surface area contributed by atoms with Crippen LogP contribution < -0.4 is 14.2 Å². The number of benzene rings is 2. The van der Waals surface area contributed by atoms with Crippen LogP contribution in [0.25, 0.3) is 0 Å². The highest BCUT2D eigenvalue weighted by Crippen LogP contribution is 2.37. The minimum absolute atomic E-state index is 0.205. The van der Waals surface area contributed by atoms with Gasteiger partial charge in [0.25, 0.3) is 0 Å². The summed E-state index contributed by atoms with van der Waals surface area (Å²) in [7, 11) is 0. The zero-order chi connectivity index (χ0) is 19.3. The molecule has 1 saturated heterocycles. The molecule has 2 aromatic carbocycles. The zero-order valence-electron chi connectivity index (χ0n) is 15.9. The lowest BCUT2D eigenvalue weighted by Gasteiger charge is -2.38. The molecule has 2 aliphatic heterocycles. The molecule has 0 aliphatic carbocycles. The third kappa shape index (κ3) is 4.39. The van der Waals surface area contributed by atoms with Gasteiger partial charge in [-0.1, -0.05) is 12.1 Å². The minimum Gasteiger partial charge on any atom is -0.493 e. The molecule has 0 saturated carbocycles. The maximum atomic E-state index is 13.4. The Balaban J connectivity index is 1.46. The van der Waals surface area contributed by atoms with Crippen LogP contribution in [0.1, 0.15) is 24.3 Å². The molecule has 2 atom stereocenters. The number of aliphatic hydroxyl groups is 1. The van der Waals surface area contributed by atoms with Gasteiger partial charge in [-0.25, -0.2) is 4.39 Å². The summed E-state index contributed by atoms with van der Waals surface area (Å²) < 4.78 is 30.2. The lowest BCUT2D eigenvalue weighted by atomic mass is 9.81. The Morgan fingerprint density at radius 1 is 1.11 bits per heavy atom. The van der Waals surface area contributed by atoms with Crippen LogP contribution in [0.5, 0.6) is 17.2 Å². The topological polar surface area (TPSA) is 51.2 Å². The monoisotopic (exact) mass is 387 g/mol. The molecule has 28 heavy (non-hydrogen) atoms. The average Bonchev–Trinajstić information content (AvgIpc) is 3.19. The molecule has 0 amide bonds. The summed E-state index contributed by atoms with van der Waals surface area (Å²) in [5, 5.41) is 9.14. The van der Waals surface area contributed by atoms with Gasteiger partial charge in [-0.15, -0.1) is 0 Å². The van der Waals surface area contributed by atoms with Gasteiger partial charge in [0.1, 0.15) is 11.6 Å². The van der Waals surface area contributed by atoms with Crippen molar-refractivity contribution in [3.8, 4) is 17.2 Å². The number of aliphatic hydroxyl groups excluding tert-OH is 1. The SMILES string of the molecule is OCCCN1CC[C@H](c2ccc(F)cc2)[C@@H](COc2ccc3c(c2)OCO3)C1. The van der Waals surface area contributed by atoms with Gasteiger partial charge in [0.2, 0.25) is 6.79 Å². The first-order valence-corrected chi connectivity index (χ1v) is 9.84. The highest BCUT2D eigenvalue weighted by molar-refractivity contribution is 5.46. The second kappa shape index (κ2) is 8.80. The van der Waals surface area contributed by atoms with Crippen LogP contribution in [-0.2, 0) is 0 Å². The average molecular weight is 387 g/mol. The third-order valence-electron chi connectivity index (χ3n) is 5.56. The molecule has 2 aliphatic rings. The zero-order valence-corrected chi connectivity index (χ0v) is 15.9. The van der Waals surface area contributed by atoms with Crippen LogP contribution in [0.2, 0.25) is 0 Å². The molecule has 5 nitrogen and oxygen atoms in total. The van der Waals surface area contributed by atoms with E-state index in [2.05, 4.69) is 4.90 Å². The van der Waals surface area contributed by atoms with Crippen molar-refractivity contribution >= 4 is 0 Å². The number of halogens is 1. The highest BCUT2D eigenvalue weighted by Gasteiger charge is 2.31. The largest absolute Gasteiger partial charge is 0.493 e. The predicted octanol–water partition coefficient (Wildman–Crippen LogP) is 3.42. The van der Waals surface area contributed by atoms with Crippen LogP contribution in [0.4, 0.5) is 4.39 Å². The van der Waals surface area contributed by atoms with Crippen molar-refractivity contribution in [2.45, 2.75) is 18.8 Å². The number of rotatable bonds is 7. The van der Waals surface area contributed by atoms with E-state index in [1.54, 1.807) is 0 Å². The molecule has 6 heteroatoms. The van der Waals surface area contributed by atoms with E-state index in [0.717, 1.165) is 49.5 Å². The molecule has 1 fully saturated rings. The van der Waals surface area contributed by atoms with Crippen LogP contribution in [-0.4, -0.2) is 49.6 Å². The number of nitrogens with zero attached hydrogens (tertiary/aromatic N) is 1. The van der Waals surface area contributed by atoms with Gasteiger partial charge in [0.05, 0.1) is 6.61 Å². The van der Waals surface area contributed by atoms with Crippen LogP contribution in [0, 0.1) is 11.7 Å². The van der Waals surface area contributed by atoms with Crippen molar-refractivity contribution in [1.29, 1.82) is 0 Å². The normalized spacial score (nSPS) is 21.6. The molecule has 4 rings (SSSR count). The van der Waals surface area contributed by atoms with Crippen molar-refractivity contribution in [2.75, 3.05) is 39.6 Å². The molecule has 0 bridgehead atoms. The Bertz CT molecular complexity index is 783. The summed E-state index contributed by atoms with van der Waals surface area (Å²) >= 11 is 0. The predicted molar refractivity (Wildman–Crippen MR) is 103 cm³/mol. The van der Waals surface area contributed by atoms with Gasteiger partial charge >= 0.3 is 0 Å². The number of piperidine rings is 1. The molecule has 0 unspecified atom stereocenters. The fraction of sp³-hybridized carbons (Fsp3) is 0.455. The van der Waals surface area contributed by atoms with E-state index in [4.69, 9.17) is 19.3 Å². The standard InChI is InChI=1S/C22H26FNO4/c23-18-4-2-16(3-5-18)20-8-10-24(9-1-11-25)13-17(20)14-26-19-6-7-21-22(12-19)28-15-27-21/h2-7,12,17,20,25H,1,8-11,13-15H2/t17-,20-/m1/s1. The Hall–Kier alpha value is -2.31. The van der Waals surface area contributed by atoms with E-state index in [0.29, 0.717) is 18.3 Å². The molecule has 0 aromatic heterocycles. The highest BCUT2D eigenvalue weighted by atomic mass is 19.1. The fourth-order valence-electron chi connectivity index (χ4n) is 4.09. The van der Waals surface area contributed by atoms with Crippen molar-refractivity contribution < 1.29 is 23.7 Å². The lowest BCUT2D eigenvalue weighted by Crippen LogP contribution is -2.42. The first-order chi connectivity index (χ1) is 13.7. The summed E-state index contributed by atoms with van der Waals surface area (Å²) in [6, 6.07) is 12.5. The van der Waals surface area contributed by atoms with Crippen molar-refractivity contribution in [2.24, 2.45) is 5.92 Å². The van der Waals surface area contributed by atoms with E-state index < -0.39 is 0 Å². The maximum Gasteiger partial charge on any atom is 0.231 e. The van der Waals surface area contributed by atoms with Gasteiger partial charge in [-0.05, 0) is 55.1 Å². The number of hydrogen-bond acceptors (Lipinski definition) is 5. The minimum atomic E-state index is -0.211. The Morgan fingerprint density at radius 2 is 1.93 bits per heavy atom. The van der Waals surface area contributed by atoms with Gasteiger partial charge in [0.15, 0.2) is 11.5 Å². The van der Waals surface area contributed by atoms with Crippen molar-refractivity contribution in [3.63, 3.8) is 0 Å². The summed E-state index contributed by atoms with van der Waals surface area (Å²) in [5.74, 6) is 2.60. The third-order valence-corrected chi connectivity index (χ3v) is 5.56. The maximum absolute atomic E-state index is 13.4. The second-order valence-corrected chi connectivity index (χ2v) is 7.41. The Kier molecular flexibility index (Phi) is 5.98. The summed E-state index contributed by atoms with van der Waals surface area (Å²) in [4.78, 5) is 2.38. The molecule has 0 spiro atoms. The van der Waals surface area contributed by atoms with Crippen molar-refractivity contribution in [3.05, 3.63) is 53.8 Å². The van der Waals surface area contributed by atoms with E-state index in [1.807, 2.05) is 30.3 Å². The van der Waals surface area contributed by atoms with E-state index in [9.17, 15) is 4.39 Å². The quantitative estimate of drug-likeness (QED) is 0.789. The summed E-state index contributed by atoms with van der Waals surface area (Å²) in [6.07, 6.45) is 1.77. The number of ether oxygens (including phenoxy) is 3. The van der Waals surface area contributed by atoms with Crippen LogP contribution in [0.15, 0.2) is 42.5 Å². The van der Waals surface area contributed by atoms with Crippen LogP contribution >= 0.6 is 0 Å². The fourth-order valence-corrected chi connectivity index (χ4v) is 4.09. The number of likely N-dealkylation sites (tertiary alicyclic amines) is 1. The second-order valence-electron chi connectivity index (χ2n) is 7.41. The van der Waals surface area contributed by atoms with E-state index in [1.165, 1.54) is 12.1 Å². The van der Waals surface area contributed by atoms with Crippen LogP contribution in [0.3, 0.4) is 0 Å². The smallest absolute Gasteiger partial charge is 0.231 e. The molecule has 2 aromatic rings. The molecule has 150 valence electrons. The lowest BCUT2D eigenvalue weighted by molar-refractivity contribution is 0.105. The first kappa shape index (κ1) is 19.0. The molecule has 2 heterocycles.